The minimum atomic E-state index is -1.00. The molecule has 0 spiro atoms. The van der Waals surface area contributed by atoms with Gasteiger partial charge in [-0.05, 0) is 42.5 Å². The summed E-state index contributed by atoms with van der Waals surface area (Å²) in [5.74, 6) is -2.53. The Bertz CT molecular complexity index is 759. The number of nitrogens with one attached hydrogen (secondary N) is 1. The van der Waals surface area contributed by atoms with Gasteiger partial charge in [0, 0.05) is 23.3 Å². The van der Waals surface area contributed by atoms with Crippen molar-refractivity contribution in [2.45, 2.75) is 6.92 Å². The van der Waals surface area contributed by atoms with E-state index in [2.05, 4.69) is 5.32 Å². The Kier molecular flexibility index (Phi) is 4.98. The topological polar surface area (TPSA) is 92.5 Å². The van der Waals surface area contributed by atoms with Gasteiger partial charge in [-0.15, -0.1) is 0 Å². The molecule has 0 fully saturated rings. The molecule has 2 aromatic carbocycles. The Morgan fingerprint density at radius 1 is 1.09 bits per heavy atom. The van der Waals surface area contributed by atoms with Crippen LogP contribution in [0.3, 0.4) is 0 Å². The maximum Gasteiger partial charge on any atom is 0.323 e. The first-order valence-corrected chi connectivity index (χ1v) is 7.03. The highest BCUT2D eigenvalue weighted by atomic mass is 35.5. The van der Waals surface area contributed by atoms with Crippen molar-refractivity contribution >= 4 is 46.4 Å². The molecule has 0 aliphatic rings. The van der Waals surface area contributed by atoms with Crippen LogP contribution in [0.15, 0.2) is 48.5 Å². The van der Waals surface area contributed by atoms with Gasteiger partial charge in [-0.3, -0.25) is 14.4 Å². The molecule has 2 aromatic rings. The fourth-order valence-electron chi connectivity index (χ4n) is 1.93. The van der Waals surface area contributed by atoms with Crippen LogP contribution >= 0.6 is 11.6 Å². The van der Waals surface area contributed by atoms with Crippen molar-refractivity contribution in [2.24, 2.45) is 0 Å². The van der Waals surface area contributed by atoms with Crippen molar-refractivity contribution in [1.82, 2.24) is 0 Å². The number of hydrogen-bond acceptors (Lipinski definition) is 4. The van der Waals surface area contributed by atoms with Crippen molar-refractivity contribution in [3.63, 3.8) is 0 Å². The van der Waals surface area contributed by atoms with Crippen LogP contribution in [0, 0.1) is 0 Å². The quantitative estimate of drug-likeness (QED) is 0.653. The Morgan fingerprint density at radius 2 is 1.74 bits per heavy atom. The molecule has 118 valence electrons. The van der Waals surface area contributed by atoms with Crippen molar-refractivity contribution in [3.8, 4) is 0 Å². The number of nitrogen functional groups attached to an aromatic ring is 1. The molecule has 6 nitrogen and oxygen atoms in total. The molecular weight excluding hydrogens is 318 g/mol. The van der Waals surface area contributed by atoms with Crippen LogP contribution in [-0.2, 0) is 14.4 Å². The smallest absolute Gasteiger partial charge is 0.323 e. The molecule has 0 radical (unpaired) electrons. The zero-order valence-corrected chi connectivity index (χ0v) is 13.0. The van der Waals surface area contributed by atoms with E-state index in [0.717, 1.165) is 4.90 Å². The van der Waals surface area contributed by atoms with Gasteiger partial charge in [0.25, 0.3) is 0 Å². The van der Waals surface area contributed by atoms with Crippen molar-refractivity contribution in [2.75, 3.05) is 16.0 Å². The van der Waals surface area contributed by atoms with Gasteiger partial charge in [0.05, 0.1) is 5.69 Å². The summed E-state index contributed by atoms with van der Waals surface area (Å²) in [6.07, 6.45) is 0. The number of nitrogens with zero attached hydrogens (tertiary/aromatic N) is 1. The second kappa shape index (κ2) is 6.93. The number of nitrogens with two attached hydrogens (primary N) is 1. The van der Waals surface area contributed by atoms with Gasteiger partial charge in [-0.1, -0.05) is 17.7 Å². The fourth-order valence-corrected chi connectivity index (χ4v) is 2.05. The lowest BCUT2D eigenvalue weighted by atomic mass is 10.2. The first-order valence-electron chi connectivity index (χ1n) is 6.65. The number of hydrogen-bond donors (Lipinski definition) is 2. The van der Waals surface area contributed by atoms with Crippen molar-refractivity contribution in [3.05, 3.63) is 53.6 Å². The number of anilines is 3. The summed E-state index contributed by atoms with van der Waals surface area (Å²) < 4.78 is 0. The monoisotopic (exact) mass is 331 g/mol. The minimum Gasteiger partial charge on any atom is -0.399 e. The second-order valence-corrected chi connectivity index (χ2v) is 5.15. The fraction of sp³-hybridized carbons (Fsp3) is 0.0625. The highest BCUT2D eigenvalue weighted by Crippen LogP contribution is 2.19. The van der Waals surface area contributed by atoms with Gasteiger partial charge in [0.2, 0.25) is 5.91 Å². The Morgan fingerprint density at radius 3 is 2.30 bits per heavy atom. The maximum absolute atomic E-state index is 12.3. The zero-order chi connectivity index (χ0) is 17.0. The van der Waals surface area contributed by atoms with Crippen molar-refractivity contribution < 1.29 is 14.4 Å². The van der Waals surface area contributed by atoms with Gasteiger partial charge in [-0.2, -0.15) is 0 Å². The van der Waals surface area contributed by atoms with E-state index in [4.69, 9.17) is 17.3 Å². The van der Waals surface area contributed by atoms with E-state index in [1.54, 1.807) is 36.4 Å². The number of imide groups is 1. The third-order valence-corrected chi connectivity index (χ3v) is 3.19. The van der Waals surface area contributed by atoms with E-state index >= 15 is 0 Å². The van der Waals surface area contributed by atoms with Crippen LogP contribution in [0.25, 0.3) is 0 Å². The highest BCUT2D eigenvalue weighted by Gasteiger charge is 2.27. The van der Waals surface area contributed by atoms with Crippen molar-refractivity contribution in [1.29, 1.82) is 0 Å². The number of rotatable bonds is 2. The average molecular weight is 332 g/mol. The summed E-state index contributed by atoms with van der Waals surface area (Å²) in [4.78, 5) is 36.9. The highest BCUT2D eigenvalue weighted by molar-refractivity contribution is 6.48. The lowest BCUT2D eigenvalue weighted by Crippen LogP contribution is -2.42. The molecular formula is C16H14ClN3O3. The molecule has 3 amide bonds. The van der Waals surface area contributed by atoms with Crippen LogP contribution in [0.5, 0.6) is 0 Å². The molecule has 2 rings (SSSR count). The first kappa shape index (κ1) is 16.5. The van der Waals surface area contributed by atoms with Crippen LogP contribution in [0.2, 0.25) is 5.02 Å². The summed E-state index contributed by atoms with van der Waals surface area (Å²) >= 11 is 5.75. The predicted octanol–water partition coefficient (Wildman–Crippen LogP) is 2.44. The van der Waals surface area contributed by atoms with E-state index in [0.29, 0.717) is 16.4 Å². The van der Waals surface area contributed by atoms with Gasteiger partial charge in [0.1, 0.15) is 0 Å². The number of benzene rings is 2. The standard InChI is InChI=1S/C16H14ClN3O3/c1-10(21)20(14-4-2-3-12(18)9-14)16(23)15(22)19-13-7-5-11(17)6-8-13/h2-9H,18H2,1H3,(H,19,22). The summed E-state index contributed by atoms with van der Waals surface area (Å²) in [5.41, 5.74) is 6.65. The lowest BCUT2D eigenvalue weighted by molar-refractivity contribution is -0.136. The molecule has 0 bridgehead atoms. The third kappa shape index (κ3) is 4.08. The molecule has 0 atom stereocenters. The van der Waals surface area contributed by atoms with Crippen LogP contribution in [0.1, 0.15) is 6.92 Å². The average Bonchev–Trinajstić information content (AvgIpc) is 2.49. The molecule has 0 unspecified atom stereocenters. The number of amides is 3. The number of carbonyl (C=O) groups excluding carboxylic acids is 3. The van der Waals surface area contributed by atoms with Gasteiger partial charge in [-0.25, -0.2) is 4.90 Å². The second-order valence-electron chi connectivity index (χ2n) is 4.72. The molecule has 0 heterocycles. The summed E-state index contributed by atoms with van der Waals surface area (Å²) in [5, 5.41) is 2.92. The maximum atomic E-state index is 12.3. The Hall–Kier alpha value is -2.86. The molecule has 3 N–H and O–H groups in total. The lowest BCUT2D eigenvalue weighted by Gasteiger charge is -2.19. The number of halogens is 1. The van der Waals surface area contributed by atoms with Crippen LogP contribution < -0.4 is 16.0 Å². The van der Waals surface area contributed by atoms with Crippen LogP contribution in [0.4, 0.5) is 17.1 Å². The molecule has 7 heteroatoms. The zero-order valence-electron chi connectivity index (χ0n) is 12.2. The Labute approximate surface area is 137 Å². The molecule has 0 aliphatic heterocycles. The van der Waals surface area contributed by atoms with Gasteiger partial charge in [0.15, 0.2) is 0 Å². The van der Waals surface area contributed by atoms with Crippen LogP contribution in [-0.4, -0.2) is 17.7 Å². The predicted molar refractivity (Wildman–Crippen MR) is 89.1 cm³/mol. The van der Waals surface area contributed by atoms with E-state index in [-0.39, 0.29) is 5.69 Å². The largest absolute Gasteiger partial charge is 0.399 e. The Balaban J connectivity index is 2.22. The van der Waals surface area contributed by atoms with E-state index in [1.165, 1.54) is 19.1 Å². The minimum absolute atomic E-state index is 0.230. The summed E-state index contributed by atoms with van der Waals surface area (Å²) in [6.45, 7) is 1.19. The molecule has 23 heavy (non-hydrogen) atoms. The SMILES string of the molecule is CC(=O)N(C(=O)C(=O)Nc1ccc(Cl)cc1)c1cccc(N)c1. The van der Waals surface area contributed by atoms with E-state index in [9.17, 15) is 14.4 Å². The summed E-state index contributed by atoms with van der Waals surface area (Å²) in [6, 6.07) is 12.4. The third-order valence-electron chi connectivity index (χ3n) is 2.94. The molecule has 0 aliphatic carbocycles. The van der Waals surface area contributed by atoms with E-state index < -0.39 is 17.7 Å². The van der Waals surface area contributed by atoms with E-state index in [1.807, 2.05) is 0 Å². The number of carbonyl (C=O) groups is 3. The van der Waals surface area contributed by atoms with Gasteiger partial charge < -0.3 is 11.1 Å². The molecule has 0 saturated heterocycles. The summed E-state index contributed by atoms with van der Waals surface area (Å²) in [7, 11) is 0. The molecule has 0 saturated carbocycles. The van der Waals surface area contributed by atoms with Gasteiger partial charge >= 0.3 is 11.8 Å². The normalized spacial score (nSPS) is 10.0. The first-order chi connectivity index (χ1) is 10.9. The molecule has 0 aromatic heterocycles.